The molecule has 84 valence electrons. The molecule has 0 fully saturated rings. The van der Waals surface area contributed by atoms with Crippen LogP contribution in [0.5, 0.6) is 0 Å². The Morgan fingerprint density at radius 2 is 2.38 bits per heavy atom. The van der Waals surface area contributed by atoms with Crippen molar-refractivity contribution < 1.29 is 0 Å². The van der Waals surface area contributed by atoms with Gasteiger partial charge in [0.05, 0.1) is 5.71 Å². The summed E-state index contributed by atoms with van der Waals surface area (Å²) in [6.07, 6.45) is 0.883. The molecule has 0 saturated carbocycles. The normalized spacial score (nSPS) is 16.9. The standard InChI is InChI=1S/C10H10ClN3S2/c11-6-1-2-9-7(5-6)8(3-4-16-9)13-14-10(12)15/h1-2,5H,3-4H2,(H3,12,14,15). The zero-order valence-electron chi connectivity index (χ0n) is 8.37. The lowest BCUT2D eigenvalue weighted by atomic mass is 10.1. The highest BCUT2D eigenvalue weighted by Gasteiger charge is 2.16. The summed E-state index contributed by atoms with van der Waals surface area (Å²) in [5, 5.41) is 5.08. The van der Waals surface area contributed by atoms with E-state index in [0.717, 1.165) is 23.4 Å². The van der Waals surface area contributed by atoms with Gasteiger partial charge in [-0.05, 0) is 30.4 Å². The summed E-state index contributed by atoms with van der Waals surface area (Å²) in [6, 6.07) is 5.82. The zero-order valence-corrected chi connectivity index (χ0v) is 10.8. The van der Waals surface area contributed by atoms with Gasteiger partial charge in [0, 0.05) is 27.7 Å². The van der Waals surface area contributed by atoms with Gasteiger partial charge in [0.25, 0.3) is 0 Å². The van der Waals surface area contributed by atoms with Crippen LogP contribution in [0.4, 0.5) is 0 Å². The lowest BCUT2D eigenvalue weighted by molar-refractivity contribution is 1.01. The molecule has 16 heavy (non-hydrogen) atoms. The fraction of sp³-hybridized carbons (Fsp3) is 0.200. The Morgan fingerprint density at radius 3 is 3.12 bits per heavy atom. The second kappa shape index (κ2) is 5.03. The van der Waals surface area contributed by atoms with Crippen molar-refractivity contribution in [1.29, 1.82) is 0 Å². The average molecular weight is 272 g/mol. The predicted molar refractivity (Wildman–Crippen MR) is 73.3 cm³/mol. The monoisotopic (exact) mass is 271 g/mol. The van der Waals surface area contributed by atoms with Crippen molar-refractivity contribution in [3.05, 3.63) is 28.8 Å². The Labute approximate surface area is 108 Å². The minimum atomic E-state index is 0.175. The van der Waals surface area contributed by atoms with Crippen molar-refractivity contribution in [2.75, 3.05) is 5.75 Å². The first-order valence-corrected chi connectivity index (χ1v) is 6.49. The van der Waals surface area contributed by atoms with Crippen LogP contribution in [0.15, 0.2) is 28.2 Å². The summed E-state index contributed by atoms with van der Waals surface area (Å²) >= 11 is 12.5. The van der Waals surface area contributed by atoms with Gasteiger partial charge in [-0.15, -0.1) is 11.8 Å². The first kappa shape index (κ1) is 11.7. The van der Waals surface area contributed by atoms with Crippen LogP contribution in [0.25, 0.3) is 0 Å². The lowest BCUT2D eigenvalue weighted by Gasteiger charge is -2.17. The number of hydrazone groups is 1. The molecular formula is C10H10ClN3S2. The summed E-state index contributed by atoms with van der Waals surface area (Å²) in [7, 11) is 0. The van der Waals surface area contributed by atoms with E-state index < -0.39 is 0 Å². The molecular weight excluding hydrogens is 262 g/mol. The number of halogens is 1. The number of thiocarbonyl (C=S) groups is 1. The fourth-order valence-electron chi connectivity index (χ4n) is 1.48. The number of nitrogens with zero attached hydrogens (tertiary/aromatic N) is 1. The van der Waals surface area contributed by atoms with Gasteiger partial charge in [-0.2, -0.15) is 5.10 Å². The van der Waals surface area contributed by atoms with Gasteiger partial charge in [-0.1, -0.05) is 11.6 Å². The van der Waals surface area contributed by atoms with Gasteiger partial charge in [-0.3, -0.25) is 5.43 Å². The molecule has 0 amide bonds. The topological polar surface area (TPSA) is 50.4 Å². The SMILES string of the molecule is NC(=S)NN=C1CCSc2ccc(Cl)cc21. The van der Waals surface area contributed by atoms with Gasteiger partial charge in [-0.25, -0.2) is 0 Å². The van der Waals surface area contributed by atoms with Crippen molar-refractivity contribution in [3.63, 3.8) is 0 Å². The summed E-state index contributed by atoms with van der Waals surface area (Å²) < 4.78 is 0. The third-order valence-electron chi connectivity index (χ3n) is 2.15. The summed E-state index contributed by atoms with van der Waals surface area (Å²) in [6.45, 7) is 0. The molecule has 3 N–H and O–H groups in total. The lowest BCUT2D eigenvalue weighted by Crippen LogP contribution is -2.26. The molecule has 1 aromatic carbocycles. The first-order valence-electron chi connectivity index (χ1n) is 4.71. The highest BCUT2D eigenvalue weighted by atomic mass is 35.5. The minimum Gasteiger partial charge on any atom is -0.375 e. The Kier molecular flexibility index (Phi) is 3.68. The molecule has 0 spiro atoms. The van der Waals surface area contributed by atoms with Crippen molar-refractivity contribution in [2.24, 2.45) is 10.8 Å². The van der Waals surface area contributed by atoms with E-state index in [0.29, 0.717) is 5.02 Å². The second-order valence-corrected chi connectivity index (χ2v) is 5.29. The molecule has 0 aliphatic carbocycles. The van der Waals surface area contributed by atoms with E-state index in [4.69, 9.17) is 29.6 Å². The highest BCUT2D eigenvalue weighted by Crippen LogP contribution is 2.31. The molecule has 0 radical (unpaired) electrons. The maximum Gasteiger partial charge on any atom is 0.184 e. The summed E-state index contributed by atoms with van der Waals surface area (Å²) in [5.74, 6) is 1.01. The Hall–Kier alpha value is -0.780. The van der Waals surface area contributed by atoms with Crippen molar-refractivity contribution in [2.45, 2.75) is 11.3 Å². The van der Waals surface area contributed by atoms with Crippen LogP contribution in [0, 0.1) is 0 Å². The molecule has 1 aliphatic heterocycles. The van der Waals surface area contributed by atoms with E-state index in [1.54, 1.807) is 11.8 Å². The quantitative estimate of drug-likeness (QED) is 0.608. The van der Waals surface area contributed by atoms with E-state index in [2.05, 4.69) is 10.5 Å². The van der Waals surface area contributed by atoms with Gasteiger partial charge in [0.2, 0.25) is 0 Å². The zero-order chi connectivity index (χ0) is 11.5. The third-order valence-corrected chi connectivity index (χ3v) is 3.55. The Bertz CT molecular complexity index is 459. The highest BCUT2D eigenvalue weighted by molar-refractivity contribution is 7.99. The van der Waals surface area contributed by atoms with Gasteiger partial charge >= 0.3 is 0 Å². The molecule has 2 rings (SSSR count). The molecule has 1 aliphatic rings. The molecule has 0 aromatic heterocycles. The van der Waals surface area contributed by atoms with Crippen LogP contribution in [0.3, 0.4) is 0 Å². The van der Waals surface area contributed by atoms with Crippen LogP contribution in [0.2, 0.25) is 5.02 Å². The number of hydrogen-bond acceptors (Lipinski definition) is 3. The molecule has 3 nitrogen and oxygen atoms in total. The molecule has 1 aromatic rings. The van der Waals surface area contributed by atoms with Crippen molar-refractivity contribution >= 4 is 46.4 Å². The molecule has 1 heterocycles. The van der Waals surface area contributed by atoms with Gasteiger partial charge < -0.3 is 5.73 Å². The smallest absolute Gasteiger partial charge is 0.184 e. The Morgan fingerprint density at radius 1 is 1.56 bits per heavy atom. The maximum atomic E-state index is 5.97. The van der Waals surface area contributed by atoms with E-state index in [9.17, 15) is 0 Å². The number of benzene rings is 1. The molecule has 0 saturated heterocycles. The minimum absolute atomic E-state index is 0.175. The summed E-state index contributed by atoms with van der Waals surface area (Å²) in [5.41, 5.74) is 9.97. The van der Waals surface area contributed by atoms with E-state index >= 15 is 0 Å². The van der Waals surface area contributed by atoms with Crippen LogP contribution in [-0.4, -0.2) is 16.6 Å². The Balaban J connectivity index is 2.35. The average Bonchev–Trinajstić information content (AvgIpc) is 2.26. The number of thioether (sulfide) groups is 1. The van der Waals surface area contributed by atoms with Gasteiger partial charge in [0.1, 0.15) is 0 Å². The molecule has 0 atom stereocenters. The predicted octanol–water partition coefficient (Wildman–Crippen LogP) is 2.37. The molecule has 6 heteroatoms. The number of hydrogen-bond donors (Lipinski definition) is 2. The number of fused-ring (bicyclic) bond motifs is 1. The first-order chi connectivity index (χ1) is 7.66. The second-order valence-electron chi connectivity index (χ2n) is 3.27. The number of rotatable bonds is 1. The van der Waals surface area contributed by atoms with E-state index in [1.807, 2.05) is 18.2 Å². The van der Waals surface area contributed by atoms with E-state index in [-0.39, 0.29) is 5.11 Å². The van der Waals surface area contributed by atoms with E-state index in [1.165, 1.54) is 4.90 Å². The fourth-order valence-corrected chi connectivity index (χ4v) is 2.71. The number of nitrogens with one attached hydrogen (secondary N) is 1. The van der Waals surface area contributed by atoms with Crippen LogP contribution in [0.1, 0.15) is 12.0 Å². The van der Waals surface area contributed by atoms with Crippen LogP contribution >= 0.6 is 35.6 Å². The van der Waals surface area contributed by atoms with Crippen molar-refractivity contribution in [1.82, 2.24) is 5.43 Å². The maximum absolute atomic E-state index is 5.97. The van der Waals surface area contributed by atoms with Crippen molar-refractivity contribution in [3.8, 4) is 0 Å². The largest absolute Gasteiger partial charge is 0.375 e. The van der Waals surface area contributed by atoms with Crippen LogP contribution < -0.4 is 11.2 Å². The third kappa shape index (κ3) is 2.66. The number of nitrogens with two attached hydrogens (primary N) is 1. The van der Waals surface area contributed by atoms with Gasteiger partial charge in [0.15, 0.2) is 5.11 Å². The summed E-state index contributed by atoms with van der Waals surface area (Å²) in [4.78, 5) is 1.19. The molecule has 0 bridgehead atoms. The van der Waals surface area contributed by atoms with Crippen LogP contribution in [-0.2, 0) is 0 Å². The molecule has 0 unspecified atom stereocenters.